The second-order valence-electron chi connectivity index (χ2n) is 11.2. The van der Waals surface area contributed by atoms with Crippen LogP contribution in [0.1, 0.15) is 65.4 Å². The number of aryl methyl sites for hydroxylation is 1. The van der Waals surface area contributed by atoms with Crippen LogP contribution in [-0.2, 0) is 6.42 Å². The molecule has 0 radical (unpaired) electrons. The van der Waals surface area contributed by atoms with Gasteiger partial charge in [-0.25, -0.2) is 9.87 Å². The van der Waals surface area contributed by atoms with Gasteiger partial charge in [0.2, 0.25) is 0 Å². The number of benzene rings is 2. The minimum absolute atomic E-state index is 0.193. The zero-order chi connectivity index (χ0) is 26.1. The molecule has 4 nitrogen and oxygen atoms in total. The number of rotatable bonds is 10. The van der Waals surface area contributed by atoms with Gasteiger partial charge in [-0.1, -0.05) is 76.3 Å². The molecular weight excluding hydrogens is 469 g/mol. The normalized spacial score (nSPS) is 18.7. The number of likely N-dealkylation sites (tertiary alicyclic amines) is 1. The zero-order valence-electron chi connectivity index (χ0n) is 22.4. The lowest BCUT2D eigenvalue weighted by atomic mass is 9.85. The fourth-order valence-electron chi connectivity index (χ4n) is 4.85. The molecule has 1 aliphatic heterocycles. The molecule has 2 aromatic carbocycles. The van der Waals surface area contributed by atoms with E-state index in [1.54, 1.807) is 0 Å². The summed E-state index contributed by atoms with van der Waals surface area (Å²) in [5.74, 6) is 0.344. The highest BCUT2D eigenvalue weighted by Crippen LogP contribution is 2.33. The van der Waals surface area contributed by atoms with Crippen molar-refractivity contribution in [3.05, 3.63) is 59.9 Å². The molecule has 1 aliphatic carbocycles. The molecule has 36 heavy (non-hydrogen) atoms. The van der Waals surface area contributed by atoms with Gasteiger partial charge in [-0.15, -0.1) is 0 Å². The summed E-state index contributed by atoms with van der Waals surface area (Å²) < 4.78 is 13.1. The van der Waals surface area contributed by atoms with Crippen LogP contribution in [0.5, 0.6) is 0 Å². The van der Waals surface area contributed by atoms with Gasteiger partial charge in [0.05, 0.1) is 4.99 Å². The second kappa shape index (κ2) is 13.6. The molecule has 3 N–H and O–H groups in total. The smallest absolute Gasteiger partial charge is 0.123 e. The minimum Gasteiger partial charge on any atom is -0.361 e. The summed E-state index contributed by atoms with van der Waals surface area (Å²) in [4.78, 5) is 3.72. The van der Waals surface area contributed by atoms with Crippen LogP contribution in [0.15, 0.2) is 48.5 Å². The van der Waals surface area contributed by atoms with Crippen molar-refractivity contribution in [1.82, 2.24) is 15.7 Å². The van der Waals surface area contributed by atoms with Crippen molar-refractivity contribution in [3.63, 3.8) is 0 Å². The highest BCUT2D eigenvalue weighted by molar-refractivity contribution is 7.80. The van der Waals surface area contributed by atoms with E-state index in [9.17, 15) is 4.39 Å². The van der Waals surface area contributed by atoms with Crippen LogP contribution in [0, 0.1) is 17.2 Å². The Morgan fingerprint density at radius 3 is 2.14 bits per heavy atom. The molecule has 2 aromatic rings. The Labute approximate surface area is 222 Å². The number of hydrogen-bond donors (Lipinski definition) is 3. The first-order valence-corrected chi connectivity index (χ1v) is 13.9. The molecular formula is C30H44FN3OS. The predicted octanol–water partition coefficient (Wildman–Crippen LogP) is 6.62. The standard InChI is InChI=1S/C28H37FN2S.C2H7NO/c1-28(2,3)26(19-30-25-15-16-25)31-18-17-23(27(31)32)6-4-5-20-7-9-21(10-8-20)22-11-13-24(29)14-12-22;1-2-3-4/h7-14,23,25-26,30H,4-6,15-19H2,1-3H3;3-4H,2H2,1H3. The maximum atomic E-state index is 13.1. The Kier molecular flexibility index (Phi) is 10.9. The summed E-state index contributed by atoms with van der Waals surface area (Å²) in [5.41, 5.74) is 5.69. The van der Waals surface area contributed by atoms with Gasteiger partial charge in [0.15, 0.2) is 0 Å². The van der Waals surface area contributed by atoms with Crippen LogP contribution in [0.2, 0.25) is 0 Å². The van der Waals surface area contributed by atoms with E-state index in [0.717, 1.165) is 43.1 Å². The number of nitrogens with zero attached hydrogens (tertiary/aromatic N) is 1. The number of hydroxylamine groups is 1. The molecule has 1 saturated carbocycles. The van der Waals surface area contributed by atoms with E-state index in [1.165, 1.54) is 48.4 Å². The molecule has 2 fully saturated rings. The maximum Gasteiger partial charge on any atom is 0.123 e. The van der Waals surface area contributed by atoms with E-state index in [4.69, 9.17) is 17.4 Å². The van der Waals surface area contributed by atoms with Crippen molar-refractivity contribution < 1.29 is 9.60 Å². The van der Waals surface area contributed by atoms with Crippen molar-refractivity contribution in [3.8, 4) is 11.1 Å². The molecule has 2 atom stereocenters. The average molecular weight is 514 g/mol. The Hall–Kier alpha value is -1.86. The van der Waals surface area contributed by atoms with Crippen LogP contribution in [0.25, 0.3) is 11.1 Å². The summed E-state index contributed by atoms with van der Waals surface area (Å²) in [6.45, 7) is 11.6. The van der Waals surface area contributed by atoms with E-state index < -0.39 is 0 Å². The van der Waals surface area contributed by atoms with Crippen molar-refractivity contribution in [2.45, 2.75) is 78.3 Å². The van der Waals surface area contributed by atoms with Crippen LogP contribution >= 0.6 is 12.2 Å². The third-order valence-corrected chi connectivity index (χ3v) is 7.78. The van der Waals surface area contributed by atoms with E-state index in [0.29, 0.717) is 18.5 Å². The van der Waals surface area contributed by atoms with E-state index in [2.05, 4.69) is 55.3 Å². The molecule has 1 heterocycles. The fourth-order valence-corrected chi connectivity index (χ4v) is 5.30. The Morgan fingerprint density at radius 1 is 1.03 bits per heavy atom. The molecule has 0 bridgehead atoms. The van der Waals surface area contributed by atoms with Crippen molar-refractivity contribution in [2.75, 3.05) is 19.6 Å². The number of hydrogen-bond acceptors (Lipinski definition) is 4. The van der Waals surface area contributed by atoms with Crippen molar-refractivity contribution >= 4 is 17.2 Å². The second-order valence-corrected chi connectivity index (χ2v) is 11.6. The van der Waals surface area contributed by atoms with Gasteiger partial charge in [-0.2, -0.15) is 0 Å². The lowest BCUT2D eigenvalue weighted by Crippen LogP contribution is -2.50. The van der Waals surface area contributed by atoms with Gasteiger partial charge < -0.3 is 15.4 Å². The Balaban J connectivity index is 0.000000840. The average Bonchev–Trinajstić information content (AvgIpc) is 3.62. The minimum atomic E-state index is -0.193. The summed E-state index contributed by atoms with van der Waals surface area (Å²) in [7, 11) is 0. The van der Waals surface area contributed by atoms with Gasteiger partial charge in [0, 0.05) is 37.6 Å². The van der Waals surface area contributed by atoms with Gasteiger partial charge >= 0.3 is 0 Å². The zero-order valence-corrected chi connectivity index (χ0v) is 23.2. The Bertz CT molecular complexity index is 936. The van der Waals surface area contributed by atoms with Gasteiger partial charge in [0.25, 0.3) is 0 Å². The summed E-state index contributed by atoms with van der Waals surface area (Å²) in [6.07, 6.45) is 7.26. The molecule has 0 amide bonds. The monoisotopic (exact) mass is 513 g/mol. The molecule has 198 valence electrons. The Morgan fingerprint density at radius 2 is 1.61 bits per heavy atom. The molecule has 0 aromatic heterocycles. The molecule has 0 spiro atoms. The third-order valence-electron chi connectivity index (χ3n) is 7.21. The summed E-state index contributed by atoms with van der Waals surface area (Å²) in [6, 6.07) is 16.6. The van der Waals surface area contributed by atoms with Crippen LogP contribution in [0.4, 0.5) is 4.39 Å². The van der Waals surface area contributed by atoms with E-state index in [-0.39, 0.29) is 11.2 Å². The predicted molar refractivity (Wildman–Crippen MR) is 152 cm³/mol. The SMILES string of the molecule is CC(C)(C)C(CNC1CC1)N1CCC(CCCc2ccc(-c3ccc(F)cc3)cc2)C1=S.CCNO. The summed E-state index contributed by atoms with van der Waals surface area (Å²) >= 11 is 5.98. The van der Waals surface area contributed by atoms with Crippen LogP contribution < -0.4 is 10.8 Å². The topological polar surface area (TPSA) is 47.5 Å². The highest BCUT2D eigenvalue weighted by Gasteiger charge is 2.38. The highest BCUT2D eigenvalue weighted by atomic mass is 32.1. The van der Waals surface area contributed by atoms with Gasteiger partial charge in [-0.3, -0.25) is 0 Å². The third kappa shape index (κ3) is 8.62. The quantitative estimate of drug-likeness (QED) is 0.246. The molecule has 1 saturated heterocycles. The molecule has 2 unspecified atom stereocenters. The number of halogens is 1. The lowest BCUT2D eigenvalue weighted by molar-refractivity contribution is 0.173. The van der Waals surface area contributed by atoms with Crippen LogP contribution in [-0.4, -0.2) is 46.8 Å². The van der Waals surface area contributed by atoms with Gasteiger partial charge in [0.1, 0.15) is 5.82 Å². The fraction of sp³-hybridized carbons (Fsp3) is 0.567. The van der Waals surface area contributed by atoms with E-state index in [1.807, 2.05) is 24.5 Å². The lowest BCUT2D eigenvalue weighted by Gasteiger charge is -2.40. The molecule has 6 heteroatoms. The van der Waals surface area contributed by atoms with Crippen LogP contribution in [0.3, 0.4) is 0 Å². The first-order chi connectivity index (χ1) is 17.2. The largest absolute Gasteiger partial charge is 0.361 e. The number of nitrogens with one attached hydrogen (secondary N) is 2. The van der Waals surface area contributed by atoms with E-state index >= 15 is 0 Å². The first kappa shape index (κ1) is 28.7. The summed E-state index contributed by atoms with van der Waals surface area (Å²) in [5, 5.41) is 11.4. The maximum absolute atomic E-state index is 13.1. The van der Waals surface area contributed by atoms with Crippen molar-refractivity contribution in [1.29, 1.82) is 0 Å². The van der Waals surface area contributed by atoms with Gasteiger partial charge in [-0.05, 0) is 72.8 Å². The van der Waals surface area contributed by atoms with Crippen molar-refractivity contribution in [2.24, 2.45) is 11.3 Å². The first-order valence-electron chi connectivity index (χ1n) is 13.5. The molecule has 4 rings (SSSR count). The molecule has 2 aliphatic rings. The number of thiocarbonyl (C=S) groups is 1.